The molecule has 20 heavy (non-hydrogen) atoms. The Morgan fingerprint density at radius 1 is 1.20 bits per heavy atom. The van der Waals surface area contributed by atoms with Crippen LogP contribution < -0.4 is 15.1 Å². The minimum atomic E-state index is 0.567. The van der Waals surface area contributed by atoms with Crippen LogP contribution >= 0.6 is 27.3 Å². The average molecular weight is 357 g/mol. The quantitative estimate of drug-likeness (QED) is 0.887. The molecule has 2 aromatic rings. The van der Waals surface area contributed by atoms with Gasteiger partial charge in [0.05, 0.1) is 3.79 Å². The minimum Gasteiger partial charge on any atom is -0.357 e. The second-order valence-electron chi connectivity index (χ2n) is 4.52. The number of nitrogens with one attached hydrogen (secondary N) is 1. The number of aromatic nitrogens is 3. The Bertz CT molecular complexity index is 585. The first-order valence-electron chi connectivity index (χ1n) is 6.05. The molecule has 0 bridgehead atoms. The van der Waals surface area contributed by atoms with Crippen LogP contribution in [0, 0.1) is 0 Å². The maximum Gasteiger partial charge on any atom is 0.232 e. The molecule has 1 N–H and O–H groups in total. The molecule has 2 rings (SSSR count). The Kier molecular flexibility index (Phi) is 4.77. The topological polar surface area (TPSA) is 57.2 Å². The second kappa shape index (κ2) is 6.36. The predicted molar refractivity (Wildman–Crippen MR) is 87.8 cm³/mol. The van der Waals surface area contributed by atoms with Gasteiger partial charge in [0.25, 0.3) is 0 Å². The fourth-order valence-corrected chi connectivity index (χ4v) is 2.81. The number of hydrogen-bond acceptors (Lipinski definition) is 7. The number of hydrogen-bond donors (Lipinski definition) is 1. The Hall–Kier alpha value is -1.41. The molecule has 0 unspecified atom stereocenters. The SMILES string of the molecule is CNc1nc(N(C)C)nc(N(C)Cc2csc(Br)c2)n1. The molecule has 0 aliphatic carbocycles. The Balaban J connectivity index is 2.24. The van der Waals surface area contributed by atoms with E-state index in [2.05, 4.69) is 47.6 Å². The summed E-state index contributed by atoms with van der Waals surface area (Å²) < 4.78 is 1.13. The van der Waals surface area contributed by atoms with E-state index in [0.29, 0.717) is 17.8 Å². The third-order valence-corrected chi connectivity index (χ3v) is 4.17. The summed E-state index contributed by atoms with van der Waals surface area (Å²) in [6.45, 7) is 0.752. The van der Waals surface area contributed by atoms with Crippen LogP contribution in [0.25, 0.3) is 0 Å². The van der Waals surface area contributed by atoms with Gasteiger partial charge in [0.1, 0.15) is 0 Å². The highest BCUT2D eigenvalue weighted by Crippen LogP contribution is 2.23. The summed E-state index contributed by atoms with van der Waals surface area (Å²) in [7, 11) is 7.59. The van der Waals surface area contributed by atoms with Gasteiger partial charge in [-0.05, 0) is 32.9 Å². The van der Waals surface area contributed by atoms with E-state index in [9.17, 15) is 0 Å². The van der Waals surface area contributed by atoms with E-state index in [1.807, 2.05) is 30.9 Å². The highest BCUT2D eigenvalue weighted by molar-refractivity contribution is 9.11. The maximum atomic E-state index is 4.47. The third-order valence-electron chi connectivity index (χ3n) is 2.62. The van der Waals surface area contributed by atoms with E-state index < -0.39 is 0 Å². The van der Waals surface area contributed by atoms with Crippen LogP contribution in [-0.4, -0.2) is 43.1 Å². The van der Waals surface area contributed by atoms with Crippen molar-refractivity contribution in [2.24, 2.45) is 0 Å². The Labute approximate surface area is 131 Å². The number of rotatable bonds is 5. The first kappa shape index (κ1) is 15.0. The molecular weight excluding hydrogens is 340 g/mol. The van der Waals surface area contributed by atoms with Crippen molar-refractivity contribution in [2.45, 2.75) is 6.54 Å². The molecule has 2 aromatic heterocycles. The van der Waals surface area contributed by atoms with E-state index in [0.717, 1.165) is 10.3 Å². The number of halogens is 1. The molecule has 8 heteroatoms. The van der Waals surface area contributed by atoms with Crippen LogP contribution in [0.5, 0.6) is 0 Å². The van der Waals surface area contributed by atoms with E-state index in [-0.39, 0.29) is 0 Å². The van der Waals surface area contributed by atoms with Crippen LogP contribution in [0.4, 0.5) is 17.8 Å². The maximum absolute atomic E-state index is 4.47. The number of thiophene rings is 1. The van der Waals surface area contributed by atoms with Crippen LogP contribution in [0.15, 0.2) is 15.2 Å². The van der Waals surface area contributed by atoms with Gasteiger partial charge in [0.2, 0.25) is 17.8 Å². The lowest BCUT2D eigenvalue weighted by molar-refractivity contribution is 0.846. The van der Waals surface area contributed by atoms with Crippen molar-refractivity contribution in [1.29, 1.82) is 0 Å². The Morgan fingerprint density at radius 2 is 1.90 bits per heavy atom. The molecule has 0 radical (unpaired) electrons. The van der Waals surface area contributed by atoms with Crippen molar-refractivity contribution in [3.05, 3.63) is 20.8 Å². The monoisotopic (exact) mass is 356 g/mol. The molecule has 0 atom stereocenters. The summed E-state index contributed by atoms with van der Waals surface area (Å²) in [5.74, 6) is 1.85. The van der Waals surface area contributed by atoms with Crippen LogP contribution in [-0.2, 0) is 6.54 Å². The zero-order valence-electron chi connectivity index (χ0n) is 11.9. The molecule has 0 amide bonds. The Morgan fingerprint density at radius 3 is 2.45 bits per heavy atom. The van der Waals surface area contributed by atoms with Crippen molar-refractivity contribution in [3.63, 3.8) is 0 Å². The summed E-state index contributed by atoms with van der Waals surface area (Å²) >= 11 is 5.15. The summed E-state index contributed by atoms with van der Waals surface area (Å²) in [6, 6.07) is 2.11. The molecule has 6 nitrogen and oxygen atoms in total. The lowest BCUT2D eigenvalue weighted by Crippen LogP contribution is -2.22. The lowest BCUT2D eigenvalue weighted by atomic mass is 10.3. The van der Waals surface area contributed by atoms with Crippen molar-refractivity contribution < 1.29 is 0 Å². The predicted octanol–water partition coefficient (Wildman–Crippen LogP) is 2.44. The molecule has 2 heterocycles. The summed E-state index contributed by atoms with van der Waals surface area (Å²) in [5, 5.41) is 5.08. The van der Waals surface area contributed by atoms with Gasteiger partial charge >= 0.3 is 0 Å². The normalized spacial score (nSPS) is 10.4. The summed E-state index contributed by atoms with van der Waals surface area (Å²) in [6.07, 6.45) is 0. The largest absolute Gasteiger partial charge is 0.357 e. The molecule has 0 saturated carbocycles. The van der Waals surface area contributed by atoms with Crippen molar-refractivity contribution >= 4 is 45.1 Å². The van der Waals surface area contributed by atoms with Gasteiger partial charge < -0.3 is 15.1 Å². The van der Waals surface area contributed by atoms with Crippen molar-refractivity contribution in [3.8, 4) is 0 Å². The van der Waals surface area contributed by atoms with Gasteiger partial charge in [-0.2, -0.15) is 15.0 Å². The van der Waals surface area contributed by atoms with Gasteiger partial charge in [-0.1, -0.05) is 0 Å². The number of anilines is 3. The second-order valence-corrected chi connectivity index (χ2v) is 6.81. The van der Waals surface area contributed by atoms with E-state index >= 15 is 0 Å². The number of nitrogens with zero attached hydrogens (tertiary/aromatic N) is 5. The van der Waals surface area contributed by atoms with Crippen LogP contribution in [0.3, 0.4) is 0 Å². The minimum absolute atomic E-state index is 0.567. The summed E-state index contributed by atoms with van der Waals surface area (Å²) in [4.78, 5) is 17.0. The van der Waals surface area contributed by atoms with Crippen molar-refractivity contribution in [1.82, 2.24) is 15.0 Å². The first-order chi connectivity index (χ1) is 9.49. The molecule has 0 aromatic carbocycles. The first-order valence-corrected chi connectivity index (χ1v) is 7.72. The lowest BCUT2D eigenvalue weighted by Gasteiger charge is -2.19. The van der Waals surface area contributed by atoms with Crippen LogP contribution in [0.2, 0.25) is 0 Å². The smallest absolute Gasteiger partial charge is 0.232 e. The highest BCUT2D eigenvalue weighted by atomic mass is 79.9. The highest BCUT2D eigenvalue weighted by Gasteiger charge is 2.12. The molecular formula is C12H17BrN6S. The molecule has 0 fully saturated rings. The summed E-state index contributed by atoms with van der Waals surface area (Å²) in [5.41, 5.74) is 1.22. The molecule has 0 aliphatic heterocycles. The third kappa shape index (κ3) is 3.57. The van der Waals surface area contributed by atoms with Crippen molar-refractivity contribution in [2.75, 3.05) is 43.3 Å². The van der Waals surface area contributed by atoms with Gasteiger partial charge in [0.15, 0.2) is 0 Å². The fourth-order valence-electron chi connectivity index (χ4n) is 1.61. The molecule has 0 saturated heterocycles. The molecule has 108 valence electrons. The van der Waals surface area contributed by atoms with E-state index in [1.165, 1.54) is 5.56 Å². The van der Waals surface area contributed by atoms with Crippen LogP contribution in [0.1, 0.15) is 5.56 Å². The fraction of sp³-hybridized carbons (Fsp3) is 0.417. The van der Waals surface area contributed by atoms with Gasteiger partial charge in [-0.25, -0.2) is 0 Å². The molecule has 0 spiro atoms. The van der Waals surface area contributed by atoms with Gasteiger partial charge in [-0.3, -0.25) is 0 Å². The standard InChI is InChI=1S/C12H17BrN6S/c1-14-10-15-11(18(2)3)17-12(16-10)19(4)6-8-5-9(13)20-7-8/h5,7H,6H2,1-4H3,(H,14,15,16,17). The zero-order valence-corrected chi connectivity index (χ0v) is 14.3. The zero-order chi connectivity index (χ0) is 14.7. The van der Waals surface area contributed by atoms with Gasteiger partial charge in [-0.15, -0.1) is 11.3 Å². The molecule has 0 aliphatic rings. The van der Waals surface area contributed by atoms with E-state index in [4.69, 9.17) is 0 Å². The average Bonchev–Trinajstić information content (AvgIpc) is 2.83. The van der Waals surface area contributed by atoms with E-state index in [1.54, 1.807) is 18.4 Å². The van der Waals surface area contributed by atoms with Gasteiger partial charge in [0, 0.05) is 34.7 Å².